The zero-order valence-electron chi connectivity index (χ0n) is 21.8. The molecule has 41 heavy (non-hydrogen) atoms. The van der Waals surface area contributed by atoms with E-state index in [-0.39, 0.29) is 0 Å². The smallest absolute Gasteiger partial charge is 0.161 e. The van der Waals surface area contributed by atoms with Gasteiger partial charge in [-0.15, -0.1) is 0 Å². The van der Waals surface area contributed by atoms with Gasteiger partial charge in [0, 0.05) is 57.5 Å². The molecule has 0 N–H and O–H groups in total. The largest absolute Gasteiger partial charge is 0.265 e. The molecular weight excluding hydrogens is 570 g/mol. The molecule has 194 valence electrons. The lowest BCUT2D eigenvalue weighted by molar-refractivity contribution is 1.17. The second kappa shape index (κ2) is 10.8. The van der Waals surface area contributed by atoms with Crippen LogP contribution in [0.25, 0.3) is 67.1 Å². The van der Waals surface area contributed by atoms with Gasteiger partial charge >= 0.3 is 0 Å². The van der Waals surface area contributed by atoms with Crippen LogP contribution in [0.3, 0.4) is 0 Å². The normalized spacial score (nSPS) is 11.0. The van der Waals surface area contributed by atoms with E-state index >= 15 is 0 Å². The van der Waals surface area contributed by atoms with Gasteiger partial charge in [-0.3, -0.25) is 15.0 Å². The number of halogens is 1. The summed E-state index contributed by atoms with van der Waals surface area (Å²) >= 11 is 3.76. The molecule has 0 unspecified atom stereocenters. The fourth-order valence-electron chi connectivity index (χ4n) is 4.99. The van der Waals surface area contributed by atoms with Gasteiger partial charge in [-0.05, 0) is 82.9 Å². The second-order valence-electron chi connectivity index (χ2n) is 9.62. The van der Waals surface area contributed by atoms with Gasteiger partial charge in [0.2, 0.25) is 0 Å². The Balaban J connectivity index is 1.37. The van der Waals surface area contributed by atoms with Crippen molar-refractivity contribution in [2.24, 2.45) is 0 Å². The highest BCUT2D eigenvalue weighted by Gasteiger charge is 2.14. The number of fused-ring (bicyclic) bond motifs is 1. The van der Waals surface area contributed by atoms with Crippen LogP contribution in [0.5, 0.6) is 0 Å². The van der Waals surface area contributed by atoms with Gasteiger partial charge in [0.05, 0.1) is 16.9 Å². The monoisotopic (exact) mass is 591 g/mol. The zero-order valence-corrected chi connectivity index (χ0v) is 23.4. The van der Waals surface area contributed by atoms with E-state index in [4.69, 9.17) is 9.97 Å². The summed E-state index contributed by atoms with van der Waals surface area (Å²) in [7, 11) is 0. The number of aromatic nitrogens is 5. The van der Waals surface area contributed by atoms with E-state index in [1.807, 2.05) is 48.7 Å². The molecule has 6 heteroatoms. The maximum Gasteiger partial charge on any atom is 0.161 e. The van der Waals surface area contributed by atoms with Crippen molar-refractivity contribution < 1.29 is 0 Å². The third-order valence-electron chi connectivity index (χ3n) is 6.99. The Labute approximate surface area is 245 Å². The number of rotatable bonds is 5. The van der Waals surface area contributed by atoms with Crippen molar-refractivity contribution in [3.63, 3.8) is 0 Å². The summed E-state index contributed by atoms with van der Waals surface area (Å²) in [6.45, 7) is 0. The minimum atomic E-state index is 0.625. The van der Waals surface area contributed by atoms with Crippen LogP contribution in [0.15, 0.2) is 139 Å². The van der Waals surface area contributed by atoms with Crippen LogP contribution in [0, 0.1) is 0 Å². The number of benzene rings is 3. The van der Waals surface area contributed by atoms with Crippen LogP contribution in [-0.2, 0) is 0 Å². The van der Waals surface area contributed by atoms with Crippen LogP contribution in [-0.4, -0.2) is 24.9 Å². The van der Waals surface area contributed by atoms with Crippen LogP contribution < -0.4 is 0 Å². The van der Waals surface area contributed by atoms with E-state index in [1.54, 1.807) is 24.8 Å². The predicted molar refractivity (Wildman–Crippen MR) is 168 cm³/mol. The minimum absolute atomic E-state index is 0.625. The lowest BCUT2D eigenvalue weighted by atomic mass is 9.97. The Morgan fingerprint density at radius 1 is 0.488 bits per heavy atom. The van der Waals surface area contributed by atoms with Gasteiger partial charge in [-0.25, -0.2) is 9.97 Å². The SMILES string of the molecule is Brc1cc(-c2cc(-c3ccc(-c4ccncc4)cc3)nc(-c3cccnc3)n2)cc(-c2cccc3ncccc23)c1. The number of nitrogens with zero attached hydrogens (tertiary/aromatic N) is 5. The summed E-state index contributed by atoms with van der Waals surface area (Å²) in [5.41, 5.74) is 9.92. The predicted octanol–water partition coefficient (Wildman–Crippen LogP) is 8.91. The van der Waals surface area contributed by atoms with E-state index in [1.165, 1.54) is 0 Å². The molecule has 5 nitrogen and oxygen atoms in total. The first-order valence-corrected chi connectivity index (χ1v) is 14.0. The first-order valence-electron chi connectivity index (χ1n) is 13.2. The highest BCUT2D eigenvalue weighted by Crippen LogP contribution is 2.35. The quantitative estimate of drug-likeness (QED) is 0.200. The van der Waals surface area contributed by atoms with Crippen molar-refractivity contribution in [2.75, 3.05) is 0 Å². The summed E-state index contributed by atoms with van der Waals surface area (Å²) in [4.78, 5) is 23.0. The van der Waals surface area contributed by atoms with Crippen LogP contribution in [0.4, 0.5) is 0 Å². The van der Waals surface area contributed by atoms with Crippen molar-refractivity contribution in [3.8, 4) is 56.2 Å². The second-order valence-corrected chi connectivity index (χ2v) is 10.5. The summed E-state index contributed by atoms with van der Waals surface area (Å²) < 4.78 is 0.968. The molecule has 4 aromatic heterocycles. The molecule has 0 amide bonds. The minimum Gasteiger partial charge on any atom is -0.265 e. The van der Waals surface area contributed by atoms with Crippen molar-refractivity contribution in [1.82, 2.24) is 24.9 Å². The zero-order chi connectivity index (χ0) is 27.6. The van der Waals surface area contributed by atoms with Crippen molar-refractivity contribution in [3.05, 3.63) is 139 Å². The molecule has 7 aromatic rings. The molecule has 0 radical (unpaired) electrons. The third kappa shape index (κ3) is 5.13. The average molecular weight is 593 g/mol. The molecule has 0 aliphatic heterocycles. The Morgan fingerprint density at radius 2 is 1.22 bits per heavy atom. The van der Waals surface area contributed by atoms with E-state index < -0.39 is 0 Å². The van der Waals surface area contributed by atoms with Gasteiger partial charge in [-0.1, -0.05) is 58.4 Å². The van der Waals surface area contributed by atoms with Gasteiger partial charge in [0.25, 0.3) is 0 Å². The molecule has 0 aliphatic rings. The highest BCUT2D eigenvalue weighted by atomic mass is 79.9. The lowest BCUT2D eigenvalue weighted by Gasteiger charge is -2.12. The van der Waals surface area contributed by atoms with Gasteiger partial charge in [0.1, 0.15) is 0 Å². The molecule has 0 fully saturated rings. The maximum atomic E-state index is 5.01. The molecule has 0 spiro atoms. The summed E-state index contributed by atoms with van der Waals surface area (Å²) in [6.07, 6.45) is 8.99. The lowest BCUT2D eigenvalue weighted by Crippen LogP contribution is -1.96. The molecule has 0 bridgehead atoms. The highest BCUT2D eigenvalue weighted by molar-refractivity contribution is 9.10. The first-order chi connectivity index (χ1) is 20.2. The molecule has 3 aromatic carbocycles. The van der Waals surface area contributed by atoms with Gasteiger partial charge in [0.15, 0.2) is 5.82 Å². The van der Waals surface area contributed by atoms with E-state index in [9.17, 15) is 0 Å². The Morgan fingerprint density at radius 3 is 2.02 bits per heavy atom. The van der Waals surface area contributed by atoms with Crippen LogP contribution in [0.1, 0.15) is 0 Å². The molecule has 4 heterocycles. The number of hydrogen-bond acceptors (Lipinski definition) is 5. The topological polar surface area (TPSA) is 64.5 Å². The summed E-state index contributed by atoms with van der Waals surface area (Å²) in [6, 6.07) is 35.1. The first kappa shape index (κ1) is 24.9. The van der Waals surface area contributed by atoms with E-state index in [2.05, 4.69) is 91.5 Å². The molecular formula is C35H22BrN5. The summed E-state index contributed by atoms with van der Waals surface area (Å²) in [5, 5.41) is 1.10. The van der Waals surface area contributed by atoms with Crippen molar-refractivity contribution >= 4 is 26.8 Å². The van der Waals surface area contributed by atoms with Gasteiger partial charge in [-0.2, -0.15) is 0 Å². The third-order valence-corrected chi connectivity index (χ3v) is 7.45. The fraction of sp³-hybridized carbons (Fsp3) is 0. The van der Waals surface area contributed by atoms with Gasteiger partial charge < -0.3 is 0 Å². The standard InChI is InChI=1S/C35H22BrN5/c36-29-19-27(30-5-1-7-32-31(30)6-3-15-39-32)18-28(20-29)34-21-33(40-35(41-34)26-4-2-14-38-22-26)25-10-8-23(9-11-25)24-12-16-37-17-13-24/h1-22H. The Kier molecular flexibility index (Phi) is 6.59. The molecule has 0 saturated heterocycles. The fourth-order valence-corrected chi connectivity index (χ4v) is 5.49. The number of pyridine rings is 3. The molecule has 0 saturated carbocycles. The Hall–Kier alpha value is -5.07. The summed E-state index contributed by atoms with van der Waals surface area (Å²) in [5.74, 6) is 0.625. The molecule has 0 atom stereocenters. The van der Waals surface area contributed by atoms with E-state index in [0.29, 0.717) is 5.82 Å². The Bertz CT molecular complexity index is 1990. The van der Waals surface area contributed by atoms with Crippen LogP contribution in [0.2, 0.25) is 0 Å². The average Bonchev–Trinajstić information content (AvgIpc) is 3.05. The maximum absolute atomic E-state index is 5.01. The number of hydrogen-bond donors (Lipinski definition) is 0. The molecule has 7 rings (SSSR count). The molecule has 0 aliphatic carbocycles. The van der Waals surface area contributed by atoms with Crippen molar-refractivity contribution in [2.45, 2.75) is 0 Å². The van der Waals surface area contributed by atoms with Crippen molar-refractivity contribution in [1.29, 1.82) is 0 Å². The van der Waals surface area contributed by atoms with Crippen LogP contribution >= 0.6 is 15.9 Å². The van der Waals surface area contributed by atoms with E-state index in [0.717, 1.165) is 65.7 Å².